The molecule has 0 aliphatic rings. The molecule has 1 aromatic rings. The van der Waals surface area contributed by atoms with Crippen molar-refractivity contribution in [3.63, 3.8) is 0 Å². The van der Waals surface area contributed by atoms with E-state index in [1.165, 1.54) is 13.0 Å². The number of benzene rings is 1. The van der Waals surface area contributed by atoms with E-state index in [4.69, 9.17) is 16.2 Å². The highest BCUT2D eigenvalue weighted by molar-refractivity contribution is 5.98. The van der Waals surface area contributed by atoms with Gasteiger partial charge in [-0.25, -0.2) is 4.39 Å². The average Bonchev–Trinajstić information content (AvgIpc) is 2.43. The number of nitrogens with two attached hydrogens (primary N) is 2. The molecule has 1 atom stereocenters. The molecule has 7 heteroatoms. The molecule has 1 rings (SSSR count). The number of carbonyl (C=O) groups is 2. The lowest BCUT2D eigenvalue weighted by molar-refractivity contribution is -0.117. The van der Waals surface area contributed by atoms with Gasteiger partial charge in [0.2, 0.25) is 11.8 Å². The number of halogens is 1. The molecule has 116 valence electrons. The molecule has 0 radical (unpaired) electrons. The zero-order chi connectivity index (χ0) is 16.0. The maximum absolute atomic E-state index is 13.7. The van der Waals surface area contributed by atoms with Crippen molar-refractivity contribution in [3.8, 4) is 0 Å². The van der Waals surface area contributed by atoms with Gasteiger partial charge in [-0.05, 0) is 31.9 Å². The summed E-state index contributed by atoms with van der Waals surface area (Å²) in [5.74, 6) is -1.83. The standard InChI is InChI=1S/C14H20FN3O3/c1-8-10(15)6-9(13(17)19)7-12(8)18-14(20)11(16)4-3-5-21-2/h6-7,11H,3-5,16H2,1-2H3,(H2,17,19)(H,18,20). The molecule has 0 bridgehead atoms. The zero-order valence-corrected chi connectivity index (χ0v) is 12.1. The molecular formula is C14H20FN3O3. The number of methoxy groups -OCH3 is 1. The summed E-state index contributed by atoms with van der Waals surface area (Å²) in [5.41, 5.74) is 11.3. The number of nitrogens with one attached hydrogen (secondary N) is 1. The second kappa shape index (κ2) is 7.70. The minimum absolute atomic E-state index is 0.0126. The molecule has 0 saturated heterocycles. The third-order valence-electron chi connectivity index (χ3n) is 3.09. The van der Waals surface area contributed by atoms with Crippen LogP contribution in [0.5, 0.6) is 0 Å². The minimum Gasteiger partial charge on any atom is -0.385 e. The first kappa shape index (κ1) is 17.1. The maximum atomic E-state index is 13.7. The summed E-state index contributed by atoms with van der Waals surface area (Å²) in [7, 11) is 1.56. The van der Waals surface area contributed by atoms with Crippen LogP contribution in [-0.4, -0.2) is 31.6 Å². The van der Waals surface area contributed by atoms with Crippen molar-refractivity contribution in [1.82, 2.24) is 0 Å². The smallest absolute Gasteiger partial charge is 0.248 e. The number of amides is 2. The minimum atomic E-state index is -0.770. The van der Waals surface area contributed by atoms with Crippen LogP contribution in [-0.2, 0) is 9.53 Å². The Morgan fingerprint density at radius 2 is 2.10 bits per heavy atom. The Bertz CT molecular complexity index is 534. The van der Waals surface area contributed by atoms with Crippen LogP contribution in [0, 0.1) is 12.7 Å². The number of rotatable bonds is 7. The topological polar surface area (TPSA) is 107 Å². The van der Waals surface area contributed by atoms with Gasteiger partial charge < -0.3 is 21.5 Å². The summed E-state index contributed by atoms with van der Waals surface area (Å²) >= 11 is 0. The summed E-state index contributed by atoms with van der Waals surface area (Å²) < 4.78 is 18.6. The summed E-state index contributed by atoms with van der Waals surface area (Å²) in [6, 6.07) is 1.63. The first-order valence-electron chi connectivity index (χ1n) is 6.52. The highest BCUT2D eigenvalue weighted by atomic mass is 19.1. The van der Waals surface area contributed by atoms with Crippen molar-refractivity contribution >= 4 is 17.5 Å². The molecule has 0 fully saturated rings. The molecule has 0 saturated carbocycles. The third kappa shape index (κ3) is 4.80. The van der Waals surface area contributed by atoms with Gasteiger partial charge in [-0.15, -0.1) is 0 Å². The van der Waals surface area contributed by atoms with Gasteiger partial charge in [0, 0.05) is 30.5 Å². The number of carbonyl (C=O) groups excluding carboxylic acids is 2. The van der Waals surface area contributed by atoms with Crippen molar-refractivity contribution in [3.05, 3.63) is 29.1 Å². The molecular weight excluding hydrogens is 277 g/mol. The highest BCUT2D eigenvalue weighted by Gasteiger charge is 2.17. The number of primary amides is 1. The fraction of sp³-hybridized carbons (Fsp3) is 0.429. The Morgan fingerprint density at radius 1 is 1.43 bits per heavy atom. The Labute approximate surface area is 122 Å². The lowest BCUT2D eigenvalue weighted by Gasteiger charge is -2.14. The summed E-state index contributed by atoms with van der Waals surface area (Å²) in [4.78, 5) is 23.1. The Morgan fingerprint density at radius 3 is 2.67 bits per heavy atom. The number of hydrogen-bond acceptors (Lipinski definition) is 4. The normalized spacial score (nSPS) is 12.0. The molecule has 0 aliphatic heterocycles. The molecule has 21 heavy (non-hydrogen) atoms. The van der Waals surface area contributed by atoms with Crippen molar-refractivity contribution in [2.24, 2.45) is 11.5 Å². The van der Waals surface area contributed by atoms with Crippen molar-refractivity contribution in [2.45, 2.75) is 25.8 Å². The van der Waals surface area contributed by atoms with E-state index in [0.29, 0.717) is 19.4 Å². The van der Waals surface area contributed by atoms with Crippen molar-refractivity contribution < 1.29 is 18.7 Å². The van der Waals surface area contributed by atoms with Gasteiger partial charge >= 0.3 is 0 Å². The summed E-state index contributed by atoms with van der Waals surface area (Å²) in [5, 5.41) is 2.52. The number of ether oxygens (including phenoxy) is 1. The van der Waals surface area contributed by atoms with Gasteiger partial charge in [0.05, 0.1) is 6.04 Å². The zero-order valence-electron chi connectivity index (χ0n) is 12.1. The molecule has 0 aliphatic carbocycles. The molecule has 6 nitrogen and oxygen atoms in total. The molecule has 2 amide bonds. The van der Waals surface area contributed by atoms with Gasteiger partial charge in [-0.1, -0.05) is 0 Å². The molecule has 0 heterocycles. The van der Waals surface area contributed by atoms with E-state index in [0.717, 1.165) is 6.07 Å². The van der Waals surface area contributed by atoms with E-state index < -0.39 is 23.7 Å². The second-order valence-electron chi connectivity index (χ2n) is 4.73. The first-order valence-corrected chi connectivity index (χ1v) is 6.52. The van der Waals surface area contributed by atoms with Crippen LogP contribution in [0.3, 0.4) is 0 Å². The molecule has 5 N–H and O–H groups in total. The van der Waals surface area contributed by atoms with Crippen LogP contribution >= 0.6 is 0 Å². The largest absolute Gasteiger partial charge is 0.385 e. The van der Waals surface area contributed by atoms with Gasteiger partial charge in [0.1, 0.15) is 5.82 Å². The fourth-order valence-corrected chi connectivity index (χ4v) is 1.76. The van der Waals surface area contributed by atoms with E-state index in [-0.39, 0.29) is 16.8 Å². The van der Waals surface area contributed by atoms with E-state index >= 15 is 0 Å². The van der Waals surface area contributed by atoms with Crippen LogP contribution in [0.2, 0.25) is 0 Å². The van der Waals surface area contributed by atoms with E-state index in [1.54, 1.807) is 7.11 Å². The molecule has 0 aromatic heterocycles. The Balaban J connectivity index is 2.82. The molecule has 1 unspecified atom stereocenters. The SMILES string of the molecule is COCCCC(N)C(=O)Nc1cc(C(N)=O)cc(F)c1C. The van der Waals surface area contributed by atoms with Gasteiger partial charge in [-0.2, -0.15) is 0 Å². The van der Waals surface area contributed by atoms with Crippen molar-refractivity contribution in [1.29, 1.82) is 0 Å². The lowest BCUT2D eigenvalue weighted by Crippen LogP contribution is -2.36. The van der Waals surface area contributed by atoms with E-state index in [1.807, 2.05) is 0 Å². The van der Waals surface area contributed by atoms with Gasteiger partial charge in [0.15, 0.2) is 0 Å². The van der Waals surface area contributed by atoms with E-state index in [2.05, 4.69) is 5.32 Å². The van der Waals surface area contributed by atoms with Crippen LogP contribution in [0.25, 0.3) is 0 Å². The van der Waals surface area contributed by atoms with Gasteiger partial charge in [0.25, 0.3) is 0 Å². The van der Waals surface area contributed by atoms with Crippen LogP contribution < -0.4 is 16.8 Å². The maximum Gasteiger partial charge on any atom is 0.248 e. The average molecular weight is 297 g/mol. The second-order valence-corrected chi connectivity index (χ2v) is 4.73. The number of anilines is 1. The molecule has 1 aromatic carbocycles. The fourth-order valence-electron chi connectivity index (χ4n) is 1.76. The third-order valence-corrected chi connectivity index (χ3v) is 3.09. The van der Waals surface area contributed by atoms with Crippen LogP contribution in [0.15, 0.2) is 12.1 Å². The Hall–Kier alpha value is -1.99. The quantitative estimate of drug-likeness (QED) is 0.650. The predicted octanol–water partition coefficient (Wildman–Crippen LogP) is 0.925. The number of hydrogen-bond donors (Lipinski definition) is 3. The van der Waals surface area contributed by atoms with Crippen molar-refractivity contribution in [2.75, 3.05) is 19.0 Å². The van der Waals surface area contributed by atoms with Gasteiger partial charge in [-0.3, -0.25) is 9.59 Å². The predicted molar refractivity (Wildman–Crippen MR) is 77.4 cm³/mol. The summed E-state index contributed by atoms with van der Waals surface area (Å²) in [6.07, 6.45) is 1.08. The van der Waals surface area contributed by atoms with Crippen LogP contribution in [0.1, 0.15) is 28.8 Å². The van der Waals surface area contributed by atoms with Crippen LogP contribution in [0.4, 0.5) is 10.1 Å². The monoisotopic (exact) mass is 297 g/mol. The Kier molecular flexibility index (Phi) is 6.26. The summed E-state index contributed by atoms with van der Waals surface area (Å²) in [6.45, 7) is 2.00. The first-order chi connectivity index (χ1) is 9.86. The lowest BCUT2D eigenvalue weighted by atomic mass is 10.1. The highest BCUT2D eigenvalue weighted by Crippen LogP contribution is 2.21. The molecule has 0 spiro atoms. The van der Waals surface area contributed by atoms with E-state index in [9.17, 15) is 14.0 Å².